The van der Waals surface area contributed by atoms with Crippen molar-refractivity contribution < 1.29 is 24.1 Å². The summed E-state index contributed by atoms with van der Waals surface area (Å²) in [6.45, 7) is 0.693. The van der Waals surface area contributed by atoms with Gasteiger partial charge in [0.15, 0.2) is 6.79 Å². The predicted molar refractivity (Wildman–Crippen MR) is 64.8 cm³/mol. The van der Waals surface area contributed by atoms with Gasteiger partial charge in [-0.15, -0.1) is 0 Å². The van der Waals surface area contributed by atoms with Gasteiger partial charge in [-0.1, -0.05) is 30.3 Å². The monoisotopic (exact) mass is 254 g/mol. The summed E-state index contributed by atoms with van der Waals surface area (Å²) in [6.07, 6.45) is -0.935. The SMILES string of the molecule is COCCOCOC(=O)CC(O)c1ccccc1. The Kier molecular flexibility index (Phi) is 7.01. The van der Waals surface area contributed by atoms with Crippen LogP contribution in [-0.2, 0) is 19.0 Å². The van der Waals surface area contributed by atoms with E-state index in [2.05, 4.69) is 0 Å². The van der Waals surface area contributed by atoms with Gasteiger partial charge in [0, 0.05) is 7.11 Å². The van der Waals surface area contributed by atoms with Gasteiger partial charge in [0.2, 0.25) is 0 Å². The van der Waals surface area contributed by atoms with Gasteiger partial charge in [0.05, 0.1) is 25.7 Å². The van der Waals surface area contributed by atoms with Crippen LogP contribution in [0.3, 0.4) is 0 Å². The van der Waals surface area contributed by atoms with Crippen molar-refractivity contribution >= 4 is 5.97 Å². The molecule has 1 N–H and O–H groups in total. The molecule has 1 unspecified atom stereocenters. The molecule has 0 heterocycles. The fourth-order valence-electron chi connectivity index (χ4n) is 1.32. The summed E-state index contributed by atoms with van der Waals surface area (Å²) in [5, 5.41) is 9.77. The minimum Gasteiger partial charge on any atom is -0.438 e. The van der Waals surface area contributed by atoms with Crippen molar-refractivity contribution in [3.05, 3.63) is 35.9 Å². The number of benzene rings is 1. The van der Waals surface area contributed by atoms with Crippen LogP contribution in [0.1, 0.15) is 18.1 Å². The summed E-state index contributed by atoms with van der Waals surface area (Å²) >= 11 is 0. The van der Waals surface area contributed by atoms with Crippen molar-refractivity contribution in [3.63, 3.8) is 0 Å². The highest BCUT2D eigenvalue weighted by Crippen LogP contribution is 2.16. The minimum atomic E-state index is -0.849. The second-order valence-corrected chi connectivity index (χ2v) is 3.67. The molecular weight excluding hydrogens is 236 g/mol. The third kappa shape index (κ3) is 5.77. The first-order valence-corrected chi connectivity index (χ1v) is 5.69. The summed E-state index contributed by atoms with van der Waals surface area (Å²) in [7, 11) is 1.56. The largest absolute Gasteiger partial charge is 0.438 e. The molecule has 1 aromatic rings. The Balaban J connectivity index is 2.20. The second kappa shape index (κ2) is 8.63. The number of ether oxygens (including phenoxy) is 3. The van der Waals surface area contributed by atoms with Gasteiger partial charge in [0.1, 0.15) is 0 Å². The highest BCUT2D eigenvalue weighted by atomic mass is 16.7. The van der Waals surface area contributed by atoms with E-state index in [9.17, 15) is 9.90 Å². The van der Waals surface area contributed by atoms with Crippen molar-refractivity contribution in [2.45, 2.75) is 12.5 Å². The van der Waals surface area contributed by atoms with Crippen LogP contribution in [-0.4, -0.2) is 38.2 Å². The fourth-order valence-corrected chi connectivity index (χ4v) is 1.32. The number of rotatable bonds is 8. The molecule has 100 valence electrons. The molecule has 0 aliphatic heterocycles. The Hall–Kier alpha value is -1.43. The summed E-state index contributed by atoms with van der Waals surface area (Å²) in [5.41, 5.74) is 0.690. The zero-order valence-corrected chi connectivity index (χ0v) is 10.4. The molecule has 0 aromatic heterocycles. The third-order valence-corrected chi connectivity index (χ3v) is 2.28. The molecule has 0 spiro atoms. The summed E-state index contributed by atoms with van der Waals surface area (Å²) in [5.74, 6) is -0.497. The van der Waals surface area contributed by atoms with Gasteiger partial charge in [0.25, 0.3) is 0 Å². The van der Waals surface area contributed by atoms with Gasteiger partial charge in [-0.05, 0) is 5.56 Å². The third-order valence-electron chi connectivity index (χ3n) is 2.28. The van der Waals surface area contributed by atoms with Crippen molar-refractivity contribution in [2.24, 2.45) is 0 Å². The molecule has 5 heteroatoms. The Bertz CT molecular complexity index is 338. The number of aliphatic hydroxyl groups is 1. The lowest BCUT2D eigenvalue weighted by molar-refractivity contribution is -0.159. The molecule has 1 aromatic carbocycles. The number of carbonyl (C=O) groups excluding carboxylic acids is 1. The highest BCUT2D eigenvalue weighted by molar-refractivity contribution is 5.70. The molecule has 18 heavy (non-hydrogen) atoms. The minimum absolute atomic E-state index is 0.0857. The first-order valence-electron chi connectivity index (χ1n) is 5.69. The van der Waals surface area contributed by atoms with Crippen LogP contribution >= 0.6 is 0 Å². The van der Waals surface area contributed by atoms with E-state index in [1.165, 1.54) is 0 Å². The van der Waals surface area contributed by atoms with Crippen molar-refractivity contribution in [1.82, 2.24) is 0 Å². The topological polar surface area (TPSA) is 65.0 Å². The Morgan fingerprint density at radius 3 is 2.67 bits per heavy atom. The Morgan fingerprint density at radius 1 is 1.28 bits per heavy atom. The quantitative estimate of drug-likeness (QED) is 0.430. The van der Waals surface area contributed by atoms with Crippen molar-refractivity contribution in [1.29, 1.82) is 0 Å². The molecule has 0 bridgehead atoms. The molecule has 0 amide bonds. The van der Waals surface area contributed by atoms with E-state index >= 15 is 0 Å². The lowest BCUT2D eigenvalue weighted by atomic mass is 10.1. The van der Waals surface area contributed by atoms with E-state index < -0.39 is 12.1 Å². The molecule has 0 aliphatic rings. The smallest absolute Gasteiger partial charge is 0.310 e. The van der Waals surface area contributed by atoms with Gasteiger partial charge < -0.3 is 19.3 Å². The van der Waals surface area contributed by atoms with Crippen molar-refractivity contribution in [2.75, 3.05) is 27.1 Å². The first-order chi connectivity index (χ1) is 8.74. The molecule has 0 radical (unpaired) electrons. The lowest BCUT2D eigenvalue weighted by Crippen LogP contribution is -2.13. The Morgan fingerprint density at radius 2 is 2.00 bits per heavy atom. The molecule has 0 aliphatic carbocycles. The molecule has 1 atom stereocenters. The average Bonchev–Trinajstić information content (AvgIpc) is 2.39. The summed E-state index contributed by atoms with van der Waals surface area (Å²) in [6, 6.07) is 8.97. The molecular formula is C13H18O5. The molecule has 0 saturated heterocycles. The average molecular weight is 254 g/mol. The fraction of sp³-hybridized carbons (Fsp3) is 0.462. The highest BCUT2D eigenvalue weighted by Gasteiger charge is 2.13. The Labute approximate surface area is 106 Å². The second-order valence-electron chi connectivity index (χ2n) is 3.67. The number of hydrogen-bond acceptors (Lipinski definition) is 5. The van der Waals surface area contributed by atoms with Gasteiger partial charge >= 0.3 is 5.97 Å². The molecule has 0 fully saturated rings. The summed E-state index contributed by atoms with van der Waals surface area (Å²) < 4.78 is 14.6. The standard InChI is InChI=1S/C13H18O5/c1-16-7-8-17-10-18-13(15)9-12(14)11-5-3-2-4-6-11/h2-6,12,14H,7-10H2,1H3. The lowest BCUT2D eigenvalue weighted by Gasteiger charge is -2.10. The van der Waals surface area contributed by atoms with Gasteiger partial charge in [-0.2, -0.15) is 0 Å². The van der Waals surface area contributed by atoms with Crippen LogP contribution in [0.4, 0.5) is 0 Å². The summed E-state index contributed by atoms with van der Waals surface area (Å²) in [4.78, 5) is 11.4. The molecule has 0 saturated carbocycles. The number of aliphatic hydroxyl groups excluding tert-OH is 1. The van der Waals surface area contributed by atoms with Crippen LogP contribution < -0.4 is 0 Å². The van der Waals surface area contributed by atoms with E-state index in [0.717, 1.165) is 0 Å². The zero-order valence-electron chi connectivity index (χ0n) is 10.4. The van der Waals surface area contributed by atoms with Crippen LogP contribution in [0.5, 0.6) is 0 Å². The van der Waals surface area contributed by atoms with Gasteiger partial charge in [-0.25, -0.2) is 0 Å². The zero-order chi connectivity index (χ0) is 13.2. The molecule has 5 nitrogen and oxygen atoms in total. The van der Waals surface area contributed by atoms with E-state index in [4.69, 9.17) is 14.2 Å². The van der Waals surface area contributed by atoms with Crippen LogP contribution in [0, 0.1) is 0 Å². The van der Waals surface area contributed by atoms with Crippen LogP contribution in [0.25, 0.3) is 0 Å². The van der Waals surface area contributed by atoms with Gasteiger partial charge in [-0.3, -0.25) is 4.79 Å². The van der Waals surface area contributed by atoms with Crippen LogP contribution in [0.2, 0.25) is 0 Å². The predicted octanol–water partition coefficient (Wildman–Crippen LogP) is 1.27. The van der Waals surface area contributed by atoms with E-state index in [1.807, 2.05) is 6.07 Å². The number of carbonyl (C=O) groups is 1. The van der Waals surface area contributed by atoms with Crippen molar-refractivity contribution in [3.8, 4) is 0 Å². The first kappa shape index (κ1) is 14.6. The van der Waals surface area contributed by atoms with E-state index in [0.29, 0.717) is 18.8 Å². The maximum atomic E-state index is 11.4. The van der Waals surface area contributed by atoms with Crippen LogP contribution in [0.15, 0.2) is 30.3 Å². The number of hydrogen-bond donors (Lipinski definition) is 1. The number of esters is 1. The maximum absolute atomic E-state index is 11.4. The normalized spacial score (nSPS) is 12.1. The van der Waals surface area contributed by atoms with E-state index in [1.54, 1.807) is 31.4 Å². The number of methoxy groups -OCH3 is 1. The molecule has 1 rings (SSSR count). The van der Waals surface area contributed by atoms with E-state index in [-0.39, 0.29) is 13.2 Å². The maximum Gasteiger partial charge on any atom is 0.310 e.